The standard InChI is InChI=1S/C23H24N2O5/c1-23(17-12-8-5-9-13-17,30-15-16-10-6-4-7-11-16)20(22(26)27)21-24-18(28-2)14-19(25-21)29-3/h4-14,20H,15H2,1-3H3,(H,26,27). The molecule has 7 nitrogen and oxygen atoms in total. The van der Waals surface area contributed by atoms with Crippen LogP contribution in [0.2, 0.25) is 0 Å². The van der Waals surface area contributed by atoms with Crippen molar-refractivity contribution < 1.29 is 24.1 Å². The van der Waals surface area contributed by atoms with Gasteiger partial charge in [0.25, 0.3) is 0 Å². The number of hydrogen-bond acceptors (Lipinski definition) is 6. The van der Waals surface area contributed by atoms with Crippen LogP contribution in [-0.4, -0.2) is 35.3 Å². The van der Waals surface area contributed by atoms with Crippen molar-refractivity contribution in [3.05, 3.63) is 83.7 Å². The van der Waals surface area contributed by atoms with E-state index >= 15 is 0 Å². The van der Waals surface area contributed by atoms with Crippen LogP contribution in [0.25, 0.3) is 0 Å². The molecule has 2 aromatic carbocycles. The van der Waals surface area contributed by atoms with E-state index < -0.39 is 17.5 Å². The number of benzene rings is 2. The summed E-state index contributed by atoms with van der Waals surface area (Å²) in [6, 6.07) is 20.3. The van der Waals surface area contributed by atoms with E-state index in [9.17, 15) is 9.90 Å². The molecule has 0 amide bonds. The molecule has 2 atom stereocenters. The second-order valence-electron chi connectivity index (χ2n) is 6.83. The fourth-order valence-electron chi connectivity index (χ4n) is 3.26. The molecule has 0 aliphatic carbocycles. The van der Waals surface area contributed by atoms with Gasteiger partial charge in [0.1, 0.15) is 11.5 Å². The quantitative estimate of drug-likeness (QED) is 0.576. The maximum absolute atomic E-state index is 12.5. The first-order chi connectivity index (χ1) is 14.5. The molecule has 0 aliphatic heterocycles. The Morgan fingerprint density at radius 2 is 1.50 bits per heavy atom. The van der Waals surface area contributed by atoms with Gasteiger partial charge in [-0.1, -0.05) is 60.7 Å². The number of carboxylic acid groups (broad SMARTS) is 1. The minimum atomic E-state index is -1.26. The molecule has 0 saturated heterocycles. The number of aliphatic carboxylic acids is 1. The molecule has 0 bridgehead atoms. The van der Waals surface area contributed by atoms with E-state index in [4.69, 9.17) is 14.2 Å². The largest absolute Gasteiger partial charge is 0.481 e. The molecule has 1 heterocycles. The van der Waals surface area contributed by atoms with E-state index in [2.05, 4.69) is 9.97 Å². The smallest absolute Gasteiger partial charge is 0.317 e. The lowest BCUT2D eigenvalue weighted by Gasteiger charge is -2.35. The molecule has 0 aliphatic rings. The monoisotopic (exact) mass is 408 g/mol. The van der Waals surface area contributed by atoms with Crippen LogP contribution in [0.4, 0.5) is 0 Å². The maximum Gasteiger partial charge on any atom is 0.317 e. The molecular formula is C23H24N2O5. The maximum atomic E-state index is 12.5. The molecule has 1 N–H and O–H groups in total. The van der Waals surface area contributed by atoms with Gasteiger partial charge in [0.15, 0.2) is 5.82 Å². The van der Waals surface area contributed by atoms with Crippen molar-refractivity contribution in [2.24, 2.45) is 0 Å². The molecule has 0 spiro atoms. The lowest BCUT2D eigenvalue weighted by atomic mass is 9.81. The van der Waals surface area contributed by atoms with Gasteiger partial charge in [-0.15, -0.1) is 0 Å². The topological polar surface area (TPSA) is 90.8 Å². The average Bonchev–Trinajstić information content (AvgIpc) is 2.78. The molecule has 1 aromatic heterocycles. The van der Waals surface area contributed by atoms with E-state index in [1.165, 1.54) is 20.3 Å². The summed E-state index contributed by atoms with van der Waals surface area (Å²) in [5, 5.41) is 10.2. The van der Waals surface area contributed by atoms with Gasteiger partial charge in [0.2, 0.25) is 11.8 Å². The van der Waals surface area contributed by atoms with Crippen molar-refractivity contribution in [3.8, 4) is 11.8 Å². The Hall–Kier alpha value is -3.45. The second kappa shape index (κ2) is 9.37. The number of carbonyl (C=O) groups is 1. The SMILES string of the molecule is COc1cc(OC)nc(C(C(=O)O)C(C)(OCc2ccccc2)c2ccccc2)n1. The fraction of sp³-hybridized carbons (Fsp3) is 0.261. The first-order valence-electron chi connectivity index (χ1n) is 9.41. The highest BCUT2D eigenvalue weighted by molar-refractivity contribution is 5.77. The van der Waals surface area contributed by atoms with E-state index in [0.717, 1.165) is 5.56 Å². The zero-order valence-electron chi connectivity index (χ0n) is 17.1. The van der Waals surface area contributed by atoms with E-state index in [1.54, 1.807) is 6.92 Å². The van der Waals surface area contributed by atoms with Gasteiger partial charge >= 0.3 is 5.97 Å². The van der Waals surface area contributed by atoms with Crippen molar-refractivity contribution in [2.45, 2.75) is 25.0 Å². The van der Waals surface area contributed by atoms with E-state index in [1.807, 2.05) is 60.7 Å². The molecule has 2 unspecified atom stereocenters. The molecular weight excluding hydrogens is 384 g/mol. The Balaban J connectivity index is 2.10. The molecule has 3 aromatic rings. The molecule has 7 heteroatoms. The summed E-state index contributed by atoms with van der Waals surface area (Å²) in [7, 11) is 2.90. The van der Waals surface area contributed by atoms with Crippen molar-refractivity contribution in [1.82, 2.24) is 9.97 Å². The average molecular weight is 408 g/mol. The number of rotatable bonds is 9. The van der Waals surface area contributed by atoms with Gasteiger partial charge in [-0.25, -0.2) is 0 Å². The third kappa shape index (κ3) is 4.58. The lowest BCUT2D eigenvalue weighted by Crippen LogP contribution is -2.39. The zero-order chi connectivity index (χ0) is 21.6. The lowest BCUT2D eigenvalue weighted by molar-refractivity contribution is -0.152. The van der Waals surface area contributed by atoms with Crippen molar-refractivity contribution in [1.29, 1.82) is 0 Å². The van der Waals surface area contributed by atoms with Crippen LogP contribution in [0, 0.1) is 0 Å². The highest BCUT2D eigenvalue weighted by atomic mass is 16.5. The van der Waals surface area contributed by atoms with E-state index in [-0.39, 0.29) is 24.2 Å². The minimum absolute atomic E-state index is 0.0399. The van der Waals surface area contributed by atoms with E-state index in [0.29, 0.717) is 5.56 Å². The molecule has 0 radical (unpaired) electrons. The van der Waals surface area contributed by atoms with Crippen molar-refractivity contribution in [3.63, 3.8) is 0 Å². The number of methoxy groups -OCH3 is 2. The molecule has 0 saturated carbocycles. The normalized spacial score (nSPS) is 13.8. The van der Waals surface area contributed by atoms with Crippen LogP contribution in [0.1, 0.15) is 29.8 Å². The second-order valence-corrected chi connectivity index (χ2v) is 6.83. The van der Waals surface area contributed by atoms with Crippen molar-refractivity contribution >= 4 is 5.97 Å². The zero-order valence-corrected chi connectivity index (χ0v) is 17.1. The predicted molar refractivity (Wildman–Crippen MR) is 111 cm³/mol. The third-order valence-electron chi connectivity index (χ3n) is 4.90. The molecule has 3 rings (SSSR count). The van der Waals surface area contributed by atoms with Gasteiger partial charge < -0.3 is 19.3 Å². The molecule has 30 heavy (non-hydrogen) atoms. The van der Waals surface area contributed by atoms with Crippen LogP contribution >= 0.6 is 0 Å². The predicted octanol–water partition coefficient (Wildman–Crippen LogP) is 3.79. The highest BCUT2D eigenvalue weighted by Gasteiger charge is 2.45. The van der Waals surface area contributed by atoms with Crippen LogP contribution in [0.15, 0.2) is 66.7 Å². The Kier molecular flexibility index (Phi) is 6.64. The fourth-order valence-corrected chi connectivity index (χ4v) is 3.26. The number of carboxylic acids is 1. The van der Waals surface area contributed by atoms with Crippen LogP contribution in [0.5, 0.6) is 11.8 Å². The van der Waals surface area contributed by atoms with Crippen LogP contribution < -0.4 is 9.47 Å². The summed E-state index contributed by atoms with van der Waals surface area (Å²) in [6.07, 6.45) is 0. The Morgan fingerprint density at radius 3 is 2.00 bits per heavy atom. The summed E-state index contributed by atoms with van der Waals surface area (Å²) in [4.78, 5) is 21.1. The number of nitrogens with zero attached hydrogens (tertiary/aromatic N) is 2. The third-order valence-corrected chi connectivity index (χ3v) is 4.90. The van der Waals surface area contributed by atoms with Crippen LogP contribution in [-0.2, 0) is 21.7 Å². The Labute approximate surface area is 175 Å². The molecule has 156 valence electrons. The first kappa shape index (κ1) is 21.3. The summed E-state index contributed by atoms with van der Waals surface area (Å²) >= 11 is 0. The van der Waals surface area contributed by atoms with Gasteiger partial charge in [-0.05, 0) is 18.1 Å². The molecule has 0 fully saturated rings. The van der Waals surface area contributed by atoms with Gasteiger partial charge in [0, 0.05) is 0 Å². The number of hydrogen-bond donors (Lipinski definition) is 1. The summed E-state index contributed by atoms with van der Waals surface area (Å²) < 4.78 is 16.7. The van der Waals surface area contributed by atoms with Crippen LogP contribution in [0.3, 0.4) is 0 Å². The summed E-state index contributed by atoms with van der Waals surface area (Å²) in [5.41, 5.74) is 0.354. The Morgan fingerprint density at radius 1 is 0.967 bits per heavy atom. The number of aromatic nitrogens is 2. The summed E-state index contributed by atoms with van der Waals surface area (Å²) in [6.45, 7) is 1.95. The van der Waals surface area contributed by atoms with Gasteiger partial charge in [-0.3, -0.25) is 4.79 Å². The van der Waals surface area contributed by atoms with Gasteiger partial charge in [0.05, 0.1) is 26.9 Å². The van der Waals surface area contributed by atoms with Gasteiger partial charge in [-0.2, -0.15) is 9.97 Å². The highest BCUT2D eigenvalue weighted by Crippen LogP contribution is 2.41. The van der Waals surface area contributed by atoms with Crippen molar-refractivity contribution in [2.75, 3.05) is 14.2 Å². The summed E-state index contributed by atoms with van der Waals surface area (Å²) in [5.74, 6) is -1.88. The minimum Gasteiger partial charge on any atom is -0.481 e. The Bertz CT molecular complexity index is 959. The number of ether oxygens (including phenoxy) is 3. The first-order valence-corrected chi connectivity index (χ1v) is 9.41.